The van der Waals surface area contributed by atoms with Crippen LogP contribution >= 0.6 is 24.8 Å². The van der Waals surface area contributed by atoms with E-state index in [0.29, 0.717) is 0 Å². The molecule has 0 heterocycles. The number of fused-ring (bicyclic) bond motifs is 2. The predicted octanol–water partition coefficient (Wildman–Crippen LogP) is 11.3. The van der Waals surface area contributed by atoms with E-state index in [1.807, 2.05) is 0 Å². The molecule has 0 unspecified atom stereocenters. The van der Waals surface area contributed by atoms with Crippen molar-refractivity contribution in [2.45, 2.75) is 40.8 Å². The van der Waals surface area contributed by atoms with Crippen LogP contribution < -0.4 is 0 Å². The van der Waals surface area contributed by atoms with Gasteiger partial charge in [0.1, 0.15) is 0 Å². The molecule has 0 atom stereocenters. The maximum Gasteiger partial charge on any atom is 2.00 e. The van der Waals surface area contributed by atoms with Gasteiger partial charge in [0.2, 0.25) is 0 Å². The van der Waals surface area contributed by atoms with Crippen LogP contribution in [0.2, 0.25) is 13.1 Å². The molecule has 2 radical (unpaired) electrons. The fraction of sp³-hybridized carbons (Fsp3) is 0.167. The molecule has 0 amide bonds. The Morgan fingerprint density at radius 1 is 0.500 bits per heavy atom. The number of halogens is 2. The molecule has 0 spiro atoms. The fourth-order valence-corrected chi connectivity index (χ4v) is 4.74. The van der Waals surface area contributed by atoms with Gasteiger partial charge >= 0.3 is 26.2 Å². The first kappa shape index (κ1) is 35.8. The first-order valence-electron chi connectivity index (χ1n) is 12.9. The minimum Gasteiger partial charge on any atom is -0.165 e. The summed E-state index contributed by atoms with van der Waals surface area (Å²) in [6, 6.07) is 39.5. The van der Waals surface area contributed by atoms with E-state index in [2.05, 4.69) is 150 Å². The SMILES string of the molecule is C[Si]C.Cc1ccc(-c2cccc3[cH-]c(C)cc23)cc1.Cc1ccc(-c2cccc3[cH-]c(C)cc23)cc1.Cl.Cl.[Zr+2]. The summed E-state index contributed by atoms with van der Waals surface area (Å²) in [4.78, 5) is 0. The monoisotopic (exact) mass is 658 g/mol. The molecule has 0 aromatic heterocycles. The van der Waals surface area contributed by atoms with Crippen LogP contribution in [-0.2, 0) is 26.2 Å². The zero-order valence-electron chi connectivity index (χ0n) is 24.2. The van der Waals surface area contributed by atoms with Crippen LogP contribution in [0.15, 0.2) is 109 Å². The second-order valence-corrected chi connectivity index (χ2v) is 10.9. The van der Waals surface area contributed by atoms with E-state index in [0.717, 1.165) is 9.52 Å². The molecule has 0 aliphatic rings. The average molecular weight is 661 g/mol. The van der Waals surface area contributed by atoms with E-state index in [4.69, 9.17) is 0 Å². The molecule has 204 valence electrons. The first-order chi connectivity index (χ1) is 17.9. The number of rotatable bonds is 2. The summed E-state index contributed by atoms with van der Waals surface area (Å²) in [5, 5.41) is 5.38. The van der Waals surface area contributed by atoms with Crippen molar-refractivity contribution >= 4 is 55.9 Å². The topological polar surface area (TPSA) is 0 Å². The van der Waals surface area contributed by atoms with E-state index in [9.17, 15) is 0 Å². The molecule has 40 heavy (non-hydrogen) atoms. The van der Waals surface area contributed by atoms with Crippen molar-refractivity contribution in [3.63, 3.8) is 0 Å². The molecule has 0 aliphatic heterocycles. The number of aryl methyl sites for hydroxylation is 4. The molecule has 6 rings (SSSR count). The summed E-state index contributed by atoms with van der Waals surface area (Å²) in [7, 11) is 1.08. The van der Waals surface area contributed by atoms with Gasteiger partial charge in [-0.2, -0.15) is 12.1 Å². The second-order valence-electron chi connectivity index (χ2n) is 9.91. The fourth-order valence-electron chi connectivity index (χ4n) is 4.74. The van der Waals surface area contributed by atoms with Crippen molar-refractivity contribution in [1.82, 2.24) is 0 Å². The molecule has 4 heteroatoms. The smallest absolute Gasteiger partial charge is 0.165 e. The minimum absolute atomic E-state index is 0. The van der Waals surface area contributed by atoms with Gasteiger partial charge in [-0.25, -0.2) is 0 Å². The average Bonchev–Trinajstić information content (AvgIpc) is 3.46. The van der Waals surface area contributed by atoms with Crippen molar-refractivity contribution in [2.24, 2.45) is 0 Å². The Balaban J connectivity index is 0.000000341. The summed E-state index contributed by atoms with van der Waals surface area (Å²) in [5.41, 5.74) is 10.5. The molecule has 0 nitrogen and oxygen atoms in total. The van der Waals surface area contributed by atoms with E-state index >= 15 is 0 Å². The molecule has 6 aromatic carbocycles. The van der Waals surface area contributed by atoms with Gasteiger partial charge in [-0.1, -0.05) is 110 Å². The van der Waals surface area contributed by atoms with E-state index in [-0.39, 0.29) is 51.0 Å². The maximum atomic E-state index is 2.27. The zero-order chi connectivity index (χ0) is 26.4. The van der Waals surface area contributed by atoms with Gasteiger partial charge < -0.3 is 0 Å². The Morgan fingerprint density at radius 2 is 0.825 bits per heavy atom. The van der Waals surface area contributed by atoms with E-state index in [1.54, 1.807) is 0 Å². The van der Waals surface area contributed by atoms with Crippen LogP contribution in [0.25, 0.3) is 43.8 Å². The van der Waals surface area contributed by atoms with Crippen LogP contribution in [0.4, 0.5) is 0 Å². The number of hydrogen-bond acceptors (Lipinski definition) is 0. The van der Waals surface area contributed by atoms with Gasteiger partial charge in [0.05, 0.1) is 0 Å². The third-order valence-corrected chi connectivity index (χ3v) is 6.52. The van der Waals surface area contributed by atoms with Gasteiger partial charge in [-0.05, 0) is 25.0 Å². The van der Waals surface area contributed by atoms with Crippen LogP contribution in [0.1, 0.15) is 22.3 Å². The Bertz CT molecular complexity index is 1470. The molecular weight excluding hydrogens is 623 g/mol. The Kier molecular flexibility index (Phi) is 15.1. The molecule has 6 aromatic rings. The number of benzene rings is 4. The largest absolute Gasteiger partial charge is 2.00 e. The minimum atomic E-state index is 0. The Labute approximate surface area is 274 Å². The molecule has 0 bridgehead atoms. The van der Waals surface area contributed by atoms with E-state index < -0.39 is 0 Å². The zero-order valence-corrected chi connectivity index (χ0v) is 29.3. The Hall–Kier alpha value is -2.22. The summed E-state index contributed by atoms with van der Waals surface area (Å²) in [6.07, 6.45) is 0. The molecule has 0 saturated carbocycles. The first-order valence-corrected chi connectivity index (χ1v) is 14.9. The standard InChI is InChI=1S/2C17H15.C2H6Si.2ClH.Zr/c2*1-12-6-8-14(9-7-12)16-5-3-4-15-10-13(2)11-17(15)16;1-3-2;;;/h2*3-11H,1-2H3;1-2H3;2*1H;/q2*-1;;;;+2. The second kappa shape index (κ2) is 16.9. The Morgan fingerprint density at radius 3 is 1.15 bits per heavy atom. The third-order valence-electron chi connectivity index (χ3n) is 6.52. The van der Waals surface area contributed by atoms with Crippen molar-refractivity contribution in [1.29, 1.82) is 0 Å². The number of hydrogen-bond donors (Lipinski definition) is 0. The molecule has 0 aliphatic carbocycles. The van der Waals surface area contributed by atoms with Gasteiger partial charge in [0.15, 0.2) is 0 Å². The van der Waals surface area contributed by atoms with Gasteiger partial charge in [0, 0.05) is 9.52 Å². The van der Waals surface area contributed by atoms with Crippen molar-refractivity contribution in [3.05, 3.63) is 131 Å². The van der Waals surface area contributed by atoms with Crippen LogP contribution in [0.5, 0.6) is 0 Å². The van der Waals surface area contributed by atoms with Crippen LogP contribution in [-0.4, -0.2) is 9.52 Å². The molecule has 0 saturated heterocycles. The summed E-state index contributed by atoms with van der Waals surface area (Å²) in [5.74, 6) is 0. The van der Waals surface area contributed by atoms with Gasteiger partial charge in [-0.15, -0.1) is 93.9 Å². The van der Waals surface area contributed by atoms with Crippen LogP contribution in [0.3, 0.4) is 0 Å². The van der Waals surface area contributed by atoms with Crippen molar-refractivity contribution in [3.8, 4) is 22.3 Å². The maximum absolute atomic E-state index is 2.27. The van der Waals surface area contributed by atoms with Gasteiger partial charge in [0.25, 0.3) is 0 Å². The van der Waals surface area contributed by atoms with Crippen molar-refractivity contribution < 1.29 is 26.2 Å². The quantitative estimate of drug-likeness (QED) is 0.128. The molecular formula is C36H38Cl2SiZr. The van der Waals surface area contributed by atoms with Crippen LogP contribution in [0, 0.1) is 27.7 Å². The molecule has 0 N–H and O–H groups in total. The summed E-state index contributed by atoms with van der Waals surface area (Å²) in [6.45, 7) is 12.9. The van der Waals surface area contributed by atoms with Gasteiger partial charge in [-0.3, -0.25) is 0 Å². The summed E-state index contributed by atoms with van der Waals surface area (Å²) < 4.78 is 0. The molecule has 0 fully saturated rings. The van der Waals surface area contributed by atoms with Crippen molar-refractivity contribution in [2.75, 3.05) is 0 Å². The van der Waals surface area contributed by atoms with E-state index in [1.165, 1.54) is 66.1 Å². The summed E-state index contributed by atoms with van der Waals surface area (Å²) >= 11 is 0. The third kappa shape index (κ3) is 8.89. The predicted molar refractivity (Wildman–Crippen MR) is 181 cm³/mol. The normalized spacial score (nSPS) is 9.75.